The van der Waals surface area contributed by atoms with Crippen molar-refractivity contribution >= 4 is 12.6 Å². The van der Waals surface area contributed by atoms with E-state index < -0.39 is 6.04 Å². The van der Waals surface area contributed by atoms with Gasteiger partial charge in [-0.1, -0.05) is 0 Å². The molecule has 0 fully saturated rings. The number of rotatable bonds is 4. The summed E-state index contributed by atoms with van der Waals surface area (Å²) < 4.78 is 0. The summed E-state index contributed by atoms with van der Waals surface area (Å²) in [7, 11) is 0. The summed E-state index contributed by atoms with van der Waals surface area (Å²) in [6.45, 7) is 0. The van der Waals surface area contributed by atoms with Crippen LogP contribution in [-0.2, 0) is 9.59 Å². The lowest BCUT2D eigenvalue weighted by Gasteiger charge is -1.94. The van der Waals surface area contributed by atoms with Gasteiger partial charge in [-0.3, -0.25) is 0 Å². The second-order valence-corrected chi connectivity index (χ2v) is 1.46. The molecule has 0 aromatic carbocycles. The van der Waals surface area contributed by atoms with Crippen LogP contribution < -0.4 is 5.73 Å². The van der Waals surface area contributed by atoms with Crippen LogP contribution >= 0.6 is 0 Å². The van der Waals surface area contributed by atoms with Crippen LogP contribution in [0.5, 0.6) is 0 Å². The quantitative estimate of drug-likeness (QED) is 0.466. The minimum Gasteiger partial charge on any atom is -0.303 e. The molecule has 44 valence electrons. The lowest BCUT2D eigenvalue weighted by Crippen LogP contribution is -2.09. The number of hydrogen-bond donors (Lipinski definition) is 0. The summed E-state index contributed by atoms with van der Waals surface area (Å²) in [5.41, 5.74) is 8.59. The summed E-state index contributed by atoms with van der Waals surface area (Å²) in [6, 6.07) is -0.773. The average Bonchev–Trinajstić information content (AvgIpc) is 1.68. The summed E-state index contributed by atoms with van der Waals surface area (Å²) >= 11 is 0. The Bertz CT molecular complexity index is 72.5. The predicted octanol–water partition coefficient (Wildman–Crippen LogP) is -0.398. The van der Waals surface area contributed by atoms with Crippen LogP contribution in [0, 0.1) is 0 Å². The van der Waals surface area contributed by atoms with Gasteiger partial charge in [0.25, 0.3) is 0 Å². The molecule has 0 heterocycles. The van der Waals surface area contributed by atoms with Crippen LogP contribution in [0.3, 0.4) is 0 Å². The summed E-state index contributed by atoms with van der Waals surface area (Å²) in [6.07, 6.45) is 1.29. The van der Waals surface area contributed by atoms with Gasteiger partial charge in [-0.05, 0) is 0 Å². The van der Waals surface area contributed by atoms with Crippen LogP contribution in [0.1, 0.15) is 12.8 Å². The first kappa shape index (κ1) is 7.30. The molecule has 0 aliphatic carbocycles. The molecular weight excluding hydrogens is 106 g/mol. The maximum Gasteiger partial charge on any atom is 0.121 e. The summed E-state index contributed by atoms with van der Waals surface area (Å²) in [5, 5.41) is 0. The molecule has 0 aromatic rings. The maximum atomic E-state index is 9.61. The van der Waals surface area contributed by atoms with E-state index in [9.17, 15) is 9.59 Å². The van der Waals surface area contributed by atoms with E-state index in [2.05, 4.69) is 0 Å². The first-order chi connectivity index (χ1) is 3.81. The molecule has 0 unspecified atom stereocenters. The molecular formula is C5H7NO2. The van der Waals surface area contributed by atoms with Gasteiger partial charge in [-0.2, -0.15) is 0 Å². The molecule has 2 radical (unpaired) electrons. The van der Waals surface area contributed by atoms with Gasteiger partial charge in [-0.15, -0.1) is 5.73 Å². The molecule has 0 saturated heterocycles. The highest BCUT2D eigenvalue weighted by Crippen LogP contribution is 1.88. The molecule has 0 spiro atoms. The molecule has 0 N–H and O–H groups in total. The second kappa shape index (κ2) is 4.46. The first-order valence-corrected chi connectivity index (χ1v) is 2.36. The van der Waals surface area contributed by atoms with Gasteiger partial charge >= 0.3 is 0 Å². The molecule has 0 amide bonds. The van der Waals surface area contributed by atoms with Crippen molar-refractivity contribution in [2.75, 3.05) is 0 Å². The third-order valence-electron chi connectivity index (χ3n) is 0.737. The Hall–Kier alpha value is -0.700. The number of carbonyl (C=O) groups excluding carboxylic acids is 2. The van der Waals surface area contributed by atoms with Crippen LogP contribution in [0.2, 0.25) is 0 Å². The third kappa shape index (κ3) is 3.49. The molecule has 0 atom stereocenters. The lowest BCUT2D eigenvalue weighted by molar-refractivity contribution is -0.109. The van der Waals surface area contributed by atoms with Crippen molar-refractivity contribution in [2.24, 2.45) is 0 Å². The predicted molar refractivity (Wildman–Crippen MR) is 27.3 cm³/mol. The lowest BCUT2D eigenvalue weighted by atomic mass is 10.2. The number of nitrogens with zero attached hydrogens (tertiary/aromatic N) is 1. The molecule has 0 bridgehead atoms. The average molecular weight is 113 g/mol. The molecule has 3 nitrogen and oxygen atoms in total. The number of aldehydes is 2. The molecule has 0 rings (SSSR count). The van der Waals surface area contributed by atoms with Gasteiger partial charge in [0.15, 0.2) is 0 Å². The van der Waals surface area contributed by atoms with Gasteiger partial charge < -0.3 is 9.59 Å². The molecule has 0 aliphatic heterocycles. The SMILES string of the molecule is [N]C(CC=O)CC=O. The minimum atomic E-state index is -0.773. The molecule has 0 aromatic heterocycles. The second-order valence-electron chi connectivity index (χ2n) is 1.46. The smallest absolute Gasteiger partial charge is 0.121 e. The first-order valence-electron chi connectivity index (χ1n) is 2.36. The van der Waals surface area contributed by atoms with Crippen molar-refractivity contribution < 1.29 is 9.59 Å². The minimum absolute atomic E-state index is 0.0543. The Morgan fingerprint density at radius 2 is 1.62 bits per heavy atom. The maximum absolute atomic E-state index is 9.61. The monoisotopic (exact) mass is 113 g/mol. The molecule has 8 heavy (non-hydrogen) atoms. The van der Waals surface area contributed by atoms with Crippen LogP contribution in [-0.4, -0.2) is 18.6 Å². The van der Waals surface area contributed by atoms with E-state index in [1.54, 1.807) is 0 Å². The zero-order valence-corrected chi connectivity index (χ0v) is 4.41. The van der Waals surface area contributed by atoms with Crippen LogP contribution in [0.25, 0.3) is 0 Å². The van der Waals surface area contributed by atoms with E-state index in [1.807, 2.05) is 0 Å². The van der Waals surface area contributed by atoms with Gasteiger partial charge in [0.05, 0.1) is 6.04 Å². The van der Waals surface area contributed by atoms with Crippen molar-refractivity contribution in [2.45, 2.75) is 18.9 Å². The topological polar surface area (TPSA) is 56.4 Å². The van der Waals surface area contributed by atoms with Gasteiger partial charge in [-0.25, -0.2) is 0 Å². The number of hydrogen-bond acceptors (Lipinski definition) is 2. The Kier molecular flexibility index (Phi) is 4.07. The highest BCUT2D eigenvalue weighted by atomic mass is 16.1. The van der Waals surface area contributed by atoms with E-state index in [0.29, 0.717) is 12.6 Å². The van der Waals surface area contributed by atoms with Gasteiger partial charge in [0, 0.05) is 12.8 Å². The highest BCUT2D eigenvalue weighted by molar-refractivity contribution is 5.55. The zero-order valence-electron chi connectivity index (χ0n) is 4.41. The Labute approximate surface area is 47.9 Å². The van der Waals surface area contributed by atoms with Crippen LogP contribution in [0.15, 0.2) is 0 Å². The fourth-order valence-electron chi connectivity index (χ4n) is 0.318. The highest BCUT2D eigenvalue weighted by Gasteiger charge is 1.99. The zero-order chi connectivity index (χ0) is 6.41. The largest absolute Gasteiger partial charge is 0.303 e. The fourth-order valence-corrected chi connectivity index (χ4v) is 0.318. The van der Waals surface area contributed by atoms with E-state index in [-0.39, 0.29) is 12.8 Å². The Morgan fingerprint density at radius 3 is 1.88 bits per heavy atom. The van der Waals surface area contributed by atoms with Crippen molar-refractivity contribution in [3.8, 4) is 0 Å². The third-order valence-corrected chi connectivity index (χ3v) is 0.737. The van der Waals surface area contributed by atoms with Crippen molar-refractivity contribution in [1.29, 1.82) is 0 Å². The van der Waals surface area contributed by atoms with Gasteiger partial charge in [0.2, 0.25) is 0 Å². The van der Waals surface area contributed by atoms with Crippen LogP contribution in [0.4, 0.5) is 0 Å². The van der Waals surface area contributed by atoms with E-state index >= 15 is 0 Å². The Balaban J connectivity index is 3.16. The van der Waals surface area contributed by atoms with E-state index in [0.717, 1.165) is 0 Å². The van der Waals surface area contributed by atoms with Crippen molar-refractivity contribution in [1.82, 2.24) is 5.73 Å². The van der Waals surface area contributed by atoms with Crippen molar-refractivity contribution in [3.05, 3.63) is 0 Å². The normalized spacial score (nSPS) is 9.25. The Morgan fingerprint density at radius 1 is 1.25 bits per heavy atom. The summed E-state index contributed by atoms with van der Waals surface area (Å²) in [4.78, 5) is 19.2. The number of carbonyl (C=O) groups is 2. The van der Waals surface area contributed by atoms with E-state index in [1.165, 1.54) is 0 Å². The summed E-state index contributed by atoms with van der Waals surface area (Å²) in [5.74, 6) is 0. The molecule has 3 heteroatoms. The molecule has 0 saturated carbocycles. The fraction of sp³-hybridized carbons (Fsp3) is 0.600. The molecule has 0 aliphatic rings. The van der Waals surface area contributed by atoms with Crippen molar-refractivity contribution in [3.63, 3.8) is 0 Å². The van der Waals surface area contributed by atoms with Gasteiger partial charge in [0.1, 0.15) is 12.6 Å². The van der Waals surface area contributed by atoms with E-state index in [4.69, 9.17) is 5.73 Å². The standard InChI is InChI=1S/C5H7NO2/c6-5(1-3-7)2-4-8/h3-5H,1-2H2.